The van der Waals surface area contributed by atoms with E-state index in [2.05, 4.69) is 9.97 Å². The predicted molar refractivity (Wildman–Crippen MR) is 79.5 cm³/mol. The Labute approximate surface area is 117 Å². The second-order valence-electron chi connectivity index (χ2n) is 5.08. The molecular weight excluding hydrogens is 248 g/mol. The maximum absolute atomic E-state index is 10.5. The quantitative estimate of drug-likeness (QED) is 0.772. The van der Waals surface area contributed by atoms with Crippen molar-refractivity contribution < 1.29 is 5.11 Å². The molecule has 0 saturated carbocycles. The van der Waals surface area contributed by atoms with Gasteiger partial charge in [0.25, 0.3) is 0 Å². The third kappa shape index (κ3) is 2.28. The van der Waals surface area contributed by atoms with E-state index in [4.69, 9.17) is 0 Å². The third-order valence-electron chi connectivity index (χ3n) is 3.44. The first-order valence-electron chi connectivity index (χ1n) is 6.61. The molecule has 2 heterocycles. The highest BCUT2D eigenvalue weighted by Crippen LogP contribution is 2.25. The molecule has 3 nitrogen and oxygen atoms in total. The summed E-state index contributed by atoms with van der Waals surface area (Å²) in [6.45, 7) is 3.96. The van der Waals surface area contributed by atoms with Crippen molar-refractivity contribution in [1.29, 1.82) is 0 Å². The Bertz CT molecular complexity index is 768. The van der Waals surface area contributed by atoms with Crippen LogP contribution in [0.1, 0.15) is 28.5 Å². The van der Waals surface area contributed by atoms with Gasteiger partial charge in [0.2, 0.25) is 0 Å². The van der Waals surface area contributed by atoms with Crippen LogP contribution in [-0.2, 0) is 0 Å². The lowest BCUT2D eigenvalue weighted by atomic mass is 10.0. The summed E-state index contributed by atoms with van der Waals surface area (Å²) in [6, 6.07) is 11.9. The van der Waals surface area contributed by atoms with E-state index in [1.165, 1.54) is 0 Å². The molecule has 0 aliphatic carbocycles. The van der Waals surface area contributed by atoms with Crippen LogP contribution in [-0.4, -0.2) is 15.1 Å². The van der Waals surface area contributed by atoms with E-state index in [0.29, 0.717) is 5.69 Å². The van der Waals surface area contributed by atoms with Gasteiger partial charge in [-0.1, -0.05) is 24.3 Å². The summed E-state index contributed by atoms with van der Waals surface area (Å²) in [5.41, 5.74) is 4.47. The van der Waals surface area contributed by atoms with Gasteiger partial charge in [0, 0.05) is 23.3 Å². The Hall–Kier alpha value is -2.26. The first-order chi connectivity index (χ1) is 9.65. The van der Waals surface area contributed by atoms with Crippen LogP contribution >= 0.6 is 0 Å². The van der Waals surface area contributed by atoms with E-state index in [1.54, 1.807) is 12.4 Å². The molecule has 0 fully saturated rings. The number of aromatic nitrogens is 2. The van der Waals surface area contributed by atoms with Gasteiger partial charge in [-0.2, -0.15) is 0 Å². The fourth-order valence-corrected chi connectivity index (χ4v) is 2.41. The lowest BCUT2D eigenvalue weighted by molar-refractivity contribution is 0.214. The van der Waals surface area contributed by atoms with Crippen LogP contribution in [0.3, 0.4) is 0 Å². The van der Waals surface area contributed by atoms with E-state index in [9.17, 15) is 5.11 Å². The predicted octanol–water partition coefficient (Wildman–Crippen LogP) is 3.33. The number of para-hydroxylation sites is 1. The first kappa shape index (κ1) is 12.8. The fraction of sp³-hybridized carbons (Fsp3) is 0.176. The smallest absolute Gasteiger partial charge is 0.123 e. The molecule has 0 radical (unpaired) electrons. The van der Waals surface area contributed by atoms with Crippen molar-refractivity contribution in [2.24, 2.45) is 0 Å². The SMILES string of the molecule is Cc1cnc(C(O)c2cnc3ccccc3c2)c(C)c1. The van der Waals surface area contributed by atoms with Gasteiger partial charge >= 0.3 is 0 Å². The normalized spacial score (nSPS) is 12.6. The zero-order valence-corrected chi connectivity index (χ0v) is 11.5. The molecule has 0 bridgehead atoms. The molecule has 1 atom stereocenters. The summed E-state index contributed by atoms with van der Waals surface area (Å²) in [5.74, 6) is 0. The van der Waals surface area contributed by atoms with Gasteiger partial charge in [-0.25, -0.2) is 0 Å². The van der Waals surface area contributed by atoms with Crippen LogP contribution in [0.5, 0.6) is 0 Å². The minimum absolute atomic E-state index is 0.688. The molecule has 0 amide bonds. The number of hydrogen-bond donors (Lipinski definition) is 1. The average Bonchev–Trinajstić information content (AvgIpc) is 2.46. The summed E-state index contributed by atoms with van der Waals surface area (Å²) >= 11 is 0. The second-order valence-corrected chi connectivity index (χ2v) is 5.08. The molecule has 0 spiro atoms. The number of pyridine rings is 2. The van der Waals surface area contributed by atoms with Crippen molar-refractivity contribution >= 4 is 10.9 Å². The number of benzene rings is 1. The standard InChI is InChI=1S/C17H16N2O/c1-11-7-12(2)16(19-9-11)17(20)14-8-13-5-3-4-6-15(13)18-10-14/h3-10,17,20H,1-2H3. The molecular formula is C17H16N2O. The largest absolute Gasteiger partial charge is 0.382 e. The molecule has 3 rings (SSSR count). The number of aliphatic hydroxyl groups excluding tert-OH is 1. The summed E-state index contributed by atoms with van der Waals surface area (Å²) in [5, 5.41) is 11.5. The minimum Gasteiger partial charge on any atom is -0.382 e. The minimum atomic E-state index is -0.743. The molecule has 1 unspecified atom stereocenters. The molecule has 20 heavy (non-hydrogen) atoms. The van der Waals surface area contributed by atoms with Crippen LogP contribution in [0.4, 0.5) is 0 Å². The van der Waals surface area contributed by atoms with Crippen LogP contribution < -0.4 is 0 Å². The molecule has 0 aliphatic rings. The molecule has 0 saturated heterocycles. The molecule has 1 aromatic carbocycles. The monoisotopic (exact) mass is 264 g/mol. The van der Waals surface area contributed by atoms with Crippen molar-refractivity contribution in [3.8, 4) is 0 Å². The zero-order valence-electron chi connectivity index (χ0n) is 11.5. The van der Waals surface area contributed by atoms with Crippen LogP contribution in [0, 0.1) is 13.8 Å². The number of rotatable bonds is 2. The number of aliphatic hydroxyl groups is 1. The van der Waals surface area contributed by atoms with Gasteiger partial charge in [0.1, 0.15) is 6.10 Å². The summed E-state index contributed by atoms with van der Waals surface area (Å²) in [7, 11) is 0. The van der Waals surface area contributed by atoms with Crippen molar-refractivity contribution in [1.82, 2.24) is 9.97 Å². The second kappa shape index (κ2) is 5.02. The van der Waals surface area contributed by atoms with Gasteiger partial charge in [-0.3, -0.25) is 9.97 Å². The lowest BCUT2D eigenvalue weighted by Gasteiger charge is -2.13. The maximum atomic E-state index is 10.5. The topological polar surface area (TPSA) is 46.0 Å². The van der Waals surface area contributed by atoms with Gasteiger partial charge in [-0.05, 0) is 37.1 Å². The zero-order chi connectivity index (χ0) is 14.1. The molecule has 100 valence electrons. The lowest BCUT2D eigenvalue weighted by Crippen LogP contribution is -2.05. The Morgan fingerprint density at radius 3 is 2.60 bits per heavy atom. The van der Waals surface area contributed by atoms with E-state index < -0.39 is 6.10 Å². The fourth-order valence-electron chi connectivity index (χ4n) is 2.41. The van der Waals surface area contributed by atoms with Gasteiger partial charge in [-0.15, -0.1) is 0 Å². The molecule has 1 N–H and O–H groups in total. The van der Waals surface area contributed by atoms with Crippen molar-refractivity contribution in [3.05, 3.63) is 71.2 Å². The number of hydrogen-bond acceptors (Lipinski definition) is 3. The van der Waals surface area contributed by atoms with Gasteiger partial charge < -0.3 is 5.11 Å². The van der Waals surface area contributed by atoms with Gasteiger partial charge in [0.15, 0.2) is 0 Å². The van der Waals surface area contributed by atoms with E-state index >= 15 is 0 Å². The molecule has 0 aliphatic heterocycles. The molecule has 3 heteroatoms. The first-order valence-corrected chi connectivity index (χ1v) is 6.61. The Kier molecular flexibility index (Phi) is 3.20. The number of fused-ring (bicyclic) bond motifs is 1. The number of aryl methyl sites for hydroxylation is 2. The van der Waals surface area contributed by atoms with Crippen molar-refractivity contribution in [3.63, 3.8) is 0 Å². The Morgan fingerprint density at radius 2 is 1.80 bits per heavy atom. The van der Waals surface area contributed by atoms with Crippen LogP contribution in [0.2, 0.25) is 0 Å². The Morgan fingerprint density at radius 1 is 1.00 bits per heavy atom. The highest BCUT2D eigenvalue weighted by molar-refractivity contribution is 5.78. The van der Waals surface area contributed by atoms with Gasteiger partial charge in [0.05, 0.1) is 11.2 Å². The average molecular weight is 264 g/mol. The van der Waals surface area contributed by atoms with E-state index in [0.717, 1.165) is 27.6 Å². The van der Waals surface area contributed by atoms with Crippen molar-refractivity contribution in [2.75, 3.05) is 0 Å². The molecule has 3 aromatic rings. The Balaban J connectivity index is 2.05. The maximum Gasteiger partial charge on any atom is 0.123 e. The van der Waals surface area contributed by atoms with E-state index in [-0.39, 0.29) is 0 Å². The number of nitrogens with zero attached hydrogens (tertiary/aromatic N) is 2. The molecule has 2 aromatic heterocycles. The van der Waals surface area contributed by atoms with Crippen molar-refractivity contribution in [2.45, 2.75) is 20.0 Å². The summed E-state index contributed by atoms with van der Waals surface area (Å²) in [4.78, 5) is 8.74. The highest BCUT2D eigenvalue weighted by atomic mass is 16.3. The summed E-state index contributed by atoms with van der Waals surface area (Å²) in [6.07, 6.45) is 2.75. The highest BCUT2D eigenvalue weighted by Gasteiger charge is 2.15. The van der Waals surface area contributed by atoms with Crippen LogP contribution in [0.25, 0.3) is 10.9 Å². The van der Waals surface area contributed by atoms with E-state index in [1.807, 2.05) is 50.2 Å². The summed E-state index contributed by atoms with van der Waals surface area (Å²) < 4.78 is 0. The van der Waals surface area contributed by atoms with Crippen LogP contribution in [0.15, 0.2) is 48.8 Å². The third-order valence-corrected chi connectivity index (χ3v) is 3.44.